The number of hydrogen-bond donors (Lipinski definition) is 3. The van der Waals surface area contributed by atoms with Crippen LogP contribution in [0.1, 0.15) is 28.4 Å². The number of anilines is 1. The molecular formula is C27H30N4O2. The monoisotopic (exact) mass is 442 g/mol. The summed E-state index contributed by atoms with van der Waals surface area (Å²) < 4.78 is 0. The summed E-state index contributed by atoms with van der Waals surface area (Å²) in [6.45, 7) is 5.25. The van der Waals surface area contributed by atoms with Crippen molar-refractivity contribution in [3.05, 3.63) is 102 Å². The fourth-order valence-electron chi connectivity index (χ4n) is 4.18. The van der Waals surface area contributed by atoms with Crippen LogP contribution < -0.4 is 16.0 Å². The Morgan fingerprint density at radius 3 is 2.30 bits per heavy atom. The van der Waals surface area contributed by atoms with Crippen molar-refractivity contribution >= 4 is 17.6 Å². The number of hydrogen-bond acceptors (Lipinski definition) is 3. The molecule has 1 fully saturated rings. The van der Waals surface area contributed by atoms with Gasteiger partial charge in [-0.05, 0) is 35.2 Å². The first-order chi connectivity index (χ1) is 16.1. The average molecular weight is 443 g/mol. The maximum absolute atomic E-state index is 12.6. The van der Waals surface area contributed by atoms with Gasteiger partial charge in [0.1, 0.15) is 0 Å². The third-order valence-corrected chi connectivity index (χ3v) is 5.93. The molecule has 0 radical (unpaired) electrons. The second-order valence-corrected chi connectivity index (χ2v) is 8.61. The number of likely N-dealkylation sites (tertiary alicyclic amines) is 1. The van der Waals surface area contributed by atoms with Crippen LogP contribution in [0, 0.1) is 5.92 Å². The number of rotatable bonds is 7. The molecule has 3 aromatic rings. The molecule has 1 aliphatic heterocycles. The predicted molar refractivity (Wildman–Crippen MR) is 131 cm³/mol. The van der Waals surface area contributed by atoms with E-state index in [-0.39, 0.29) is 18.0 Å². The molecule has 3 amide bonds. The number of carbonyl (C=O) groups is 2. The summed E-state index contributed by atoms with van der Waals surface area (Å²) in [6.07, 6.45) is 0. The summed E-state index contributed by atoms with van der Waals surface area (Å²) in [5.74, 6) is 0.179. The fraction of sp³-hybridized carbons (Fsp3) is 0.259. The minimum absolute atomic E-state index is 0.0751. The zero-order chi connectivity index (χ0) is 23.0. The number of carbonyl (C=O) groups excluding carboxylic acids is 2. The first-order valence-electron chi connectivity index (χ1n) is 11.3. The second-order valence-electron chi connectivity index (χ2n) is 8.61. The van der Waals surface area contributed by atoms with Gasteiger partial charge in [0.15, 0.2) is 0 Å². The first-order valence-corrected chi connectivity index (χ1v) is 11.3. The largest absolute Gasteiger partial charge is 0.348 e. The predicted octanol–water partition coefficient (Wildman–Crippen LogP) is 4.26. The molecule has 33 heavy (non-hydrogen) atoms. The minimum atomic E-state index is -0.254. The van der Waals surface area contributed by atoms with Gasteiger partial charge in [0, 0.05) is 43.5 Å². The highest BCUT2D eigenvalue weighted by Gasteiger charge is 2.30. The third-order valence-electron chi connectivity index (χ3n) is 5.93. The lowest BCUT2D eigenvalue weighted by Crippen LogP contribution is -2.42. The molecule has 0 aromatic heterocycles. The third kappa shape index (κ3) is 6.43. The molecular weight excluding hydrogens is 412 g/mol. The standard InChI is InChI=1S/C27H30N4O2/c1-20-17-31(18-22-11-6-3-7-12-22)19-25(20)30-27(33)29-24-14-8-13-23(15-24)26(32)28-16-21-9-4-2-5-10-21/h2-15,20,25H,16-19H2,1H3,(H,28,32)(H2,29,30,33). The normalized spacial score (nSPS) is 18.0. The van der Waals surface area contributed by atoms with Gasteiger partial charge in [0.2, 0.25) is 0 Å². The molecule has 2 atom stereocenters. The van der Waals surface area contributed by atoms with E-state index in [4.69, 9.17) is 0 Å². The lowest BCUT2D eigenvalue weighted by molar-refractivity contribution is 0.0951. The van der Waals surface area contributed by atoms with Crippen LogP contribution >= 0.6 is 0 Å². The highest BCUT2D eigenvalue weighted by molar-refractivity contribution is 5.96. The van der Waals surface area contributed by atoms with E-state index in [1.54, 1.807) is 24.3 Å². The topological polar surface area (TPSA) is 73.5 Å². The van der Waals surface area contributed by atoms with Crippen molar-refractivity contribution in [3.63, 3.8) is 0 Å². The highest BCUT2D eigenvalue weighted by Crippen LogP contribution is 2.19. The van der Waals surface area contributed by atoms with Gasteiger partial charge in [-0.25, -0.2) is 4.79 Å². The van der Waals surface area contributed by atoms with E-state index in [1.165, 1.54) is 5.56 Å². The van der Waals surface area contributed by atoms with E-state index in [9.17, 15) is 9.59 Å². The summed E-state index contributed by atoms with van der Waals surface area (Å²) in [4.78, 5) is 27.5. The molecule has 2 unspecified atom stereocenters. The molecule has 6 heteroatoms. The Bertz CT molecular complexity index is 1070. The maximum atomic E-state index is 12.6. The quantitative estimate of drug-likeness (QED) is 0.512. The molecule has 170 valence electrons. The summed E-state index contributed by atoms with van der Waals surface area (Å²) in [6, 6.07) is 26.9. The Morgan fingerprint density at radius 2 is 1.58 bits per heavy atom. The van der Waals surface area contributed by atoms with Crippen LogP contribution in [0.15, 0.2) is 84.9 Å². The van der Waals surface area contributed by atoms with Crippen molar-refractivity contribution in [3.8, 4) is 0 Å². The van der Waals surface area contributed by atoms with Crippen LogP contribution in [0.3, 0.4) is 0 Å². The van der Waals surface area contributed by atoms with Crippen LogP contribution in [-0.2, 0) is 13.1 Å². The van der Waals surface area contributed by atoms with Gasteiger partial charge in [-0.15, -0.1) is 0 Å². The summed E-state index contributed by atoms with van der Waals surface area (Å²) >= 11 is 0. The Balaban J connectivity index is 1.28. The zero-order valence-corrected chi connectivity index (χ0v) is 18.8. The molecule has 3 N–H and O–H groups in total. The minimum Gasteiger partial charge on any atom is -0.348 e. The Morgan fingerprint density at radius 1 is 0.879 bits per heavy atom. The number of nitrogens with one attached hydrogen (secondary N) is 3. The molecule has 4 rings (SSSR count). The fourth-order valence-corrected chi connectivity index (χ4v) is 4.18. The van der Waals surface area contributed by atoms with Crippen molar-refractivity contribution < 1.29 is 9.59 Å². The van der Waals surface area contributed by atoms with Crippen LogP contribution in [-0.4, -0.2) is 36.0 Å². The number of urea groups is 1. The zero-order valence-electron chi connectivity index (χ0n) is 18.8. The van der Waals surface area contributed by atoms with E-state index in [0.717, 1.165) is 25.2 Å². The molecule has 0 saturated carbocycles. The van der Waals surface area contributed by atoms with Crippen LogP contribution in [0.2, 0.25) is 0 Å². The Hall–Kier alpha value is -3.64. The lowest BCUT2D eigenvalue weighted by Gasteiger charge is -2.18. The van der Waals surface area contributed by atoms with Crippen LogP contribution in [0.4, 0.5) is 10.5 Å². The first kappa shape index (κ1) is 22.6. The highest BCUT2D eigenvalue weighted by atomic mass is 16.2. The van der Waals surface area contributed by atoms with Gasteiger partial charge in [0.05, 0.1) is 0 Å². The van der Waals surface area contributed by atoms with Crippen molar-refractivity contribution in [2.75, 3.05) is 18.4 Å². The van der Waals surface area contributed by atoms with Crippen molar-refractivity contribution in [1.82, 2.24) is 15.5 Å². The van der Waals surface area contributed by atoms with E-state index in [0.29, 0.717) is 23.7 Å². The van der Waals surface area contributed by atoms with Gasteiger partial charge < -0.3 is 16.0 Å². The number of nitrogens with zero attached hydrogens (tertiary/aromatic N) is 1. The number of amides is 3. The lowest BCUT2D eigenvalue weighted by atomic mass is 10.1. The summed E-state index contributed by atoms with van der Waals surface area (Å²) in [5.41, 5.74) is 3.40. The Labute approximate surface area is 195 Å². The molecule has 3 aromatic carbocycles. The molecule has 1 heterocycles. The molecule has 1 aliphatic rings. The van der Waals surface area contributed by atoms with E-state index >= 15 is 0 Å². The van der Waals surface area contributed by atoms with E-state index in [1.807, 2.05) is 48.5 Å². The maximum Gasteiger partial charge on any atom is 0.319 e. The van der Waals surface area contributed by atoms with E-state index in [2.05, 4.69) is 39.9 Å². The smallest absolute Gasteiger partial charge is 0.319 e. The molecule has 0 aliphatic carbocycles. The van der Waals surface area contributed by atoms with E-state index < -0.39 is 0 Å². The van der Waals surface area contributed by atoms with Gasteiger partial charge >= 0.3 is 6.03 Å². The average Bonchev–Trinajstić information content (AvgIpc) is 3.17. The van der Waals surface area contributed by atoms with Gasteiger partial charge in [0.25, 0.3) is 5.91 Å². The van der Waals surface area contributed by atoms with Gasteiger partial charge in [-0.2, -0.15) is 0 Å². The van der Waals surface area contributed by atoms with Crippen molar-refractivity contribution in [2.45, 2.75) is 26.1 Å². The molecule has 0 spiro atoms. The van der Waals surface area contributed by atoms with Gasteiger partial charge in [-0.1, -0.05) is 73.7 Å². The van der Waals surface area contributed by atoms with Crippen molar-refractivity contribution in [2.24, 2.45) is 5.92 Å². The molecule has 6 nitrogen and oxygen atoms in total. The molecule has 1 saturated heterocycles. The van der Waals surface area contributed by atoms with Crippen molar-refractivity contribution in [1.29, 1.82) is 0 Å². The van der Waals surface area contributed by atoms with Gasteiger partial charge in [-0.3, -0.25) is 9.69 Å². The number of benzene rings is 3. The van der Waals surface area contributed by atoms with Crippen LogP contribution in [0.5, 0.6) is 0 Å². The summed E-state index contributed by atoms with van der Waals surface area (Å²) in [5, 5.41) is 8.88. The Kier molecular flexibility index (Phi) is 7.37. The van der Waals surface area contributed by atoms with Crippen LogP contribution in [0.25, 0.3) is 0 Å². The SMILES string of the molecule is CC1CN(Cc2ccccc2)CC1NC(=O)Nc1cccc(C(=O)NCc2ccccc2)c1. The molecule has 0 bridgehead atoms. The summed E-state index contributed by atoms with van der Waals surface area (Å²) in [7, 11) is 0. The second kappa shape index (κ2) is 10.8.